The molecule has 0 spiro atoms. The maximum atomic E-state index is 6.26. The maximum absolute atomic E-state index is 6.26. The SMILES string of the molecule is C=C(C)C(NCCC)c1scc(C)c1Cl. The number of nitrogens with one attached hydrogen (secondary N) is 1. The summed E-state index contributed by atoms with van der Waals surface area (Å²) in [5.74, 6) is 0. The lowest BCUT2D eigenvalue weighted by Crippen LogP contribution is -2.22. The number of aryl methyl sites for hydroxylation is 1. The number of thiophene rings is 1. The van der Waals surface area contributed by atoms with Gasteiger partial charge < -0.3 is 5.32 Å². The van der Waals surface area contributed by atoms with Gasteiger partial charge in [-0.15, -0.1) is 11.3 Å². The zero-order valence-corrected chi connectivity index (χ0v) is 11.1. The van der Waals surface area contributed by atoms with Crippen molar-refractivity contribution in [3.05, 3.63) is 33.0 Å². The second-order valence-electron chi connectivity index (χ2n) is 3.83. The van der Waals surface area contributed by atoms with E-state index in [1.54, 1.807) is 11.3 Å². The standard InChI is InChI=1S/C12H18ClNS/c1-5-6-14-11(8(2)3)12-10(13)9(4)7-15-12/h7,11,14H,2,5-6H2,1,3-4H3. The molecule has 1 N–H and O–H groups in total. The lowest BCUT2D eigenvalue weighted by molar-refractivity contribution is 0.598. The van der Waals surface area contributed by atoms with Crippen LogP contribution in [0, 0.1) is 6.92 Å². The summed E-state index contributed by atoms with van der Waals surface area (Å²) >= 11 is 7.96. The second kappa shape index (κ2) is 5.69. The fourth-order valence-electron chi connectivity index (χ4n) is 1.42. The largest absolute Gasteiger partial charge is 0.306 e. The first-order chi connectivity index (χ1) is 7.07. The topological polar surface area (TPSA) is 12.0 Å². The van der Waals surface area contributed by atoms with E-state index in [4.69, 9.17) is 11.6 Å². The Hall–Kier alpha value is -0.310. The molecule has 1 atom stereocenters. The minimum Gasteiger partial charge on any atom is -0.306 e. The second-order valence-corrected chi connectivity index (χ2v) is 5.12. The van der Waals surface area contributed by atoms with Gasteiger partial charge in [-0.2, -0.15) is 0 Å². The third-order valence-electron chi connectivity index (χ3n) is 2.28. The van der Waals surface area contributed by atoms with E-state index in [1.807, 2.05) is 13.8 Å². The molecule has 0 aromatic carbocycles. The van der Waals surface area contributed by atoms with Gasteiger partial charge in [0.05, 0.1) is 11.1 Å². The number of halogens is 1. The highest BCUT2D eigenvalue weighted by Gasteiger charge is 2.17. The summed E-state index contributed by atoms with van der Waals surface area (Å²) in [6.45, 7) is 11.2. The molecule has 1 aromatic heterocycles. The number of rotatable bonds is 5. The van der Waals surface area contributed by atoms with Gasteiger partial charge in [0.15, 0.2) is 0 Å². The third kappa shape index (κ3) is 3.07. The van der Waals surface area contributed by atoms with E-state index >= 15 is 0 Å². The van der Waals surface area contributed by atoms with E-state index in [0.29, 0.717) is 0 Å². The van der Waals surface area contributed by atoms with Crippen LogP contribution in [-0.4, -0.2) is 6.54 Å². The van der Waals surface area contributed by atoms with Crippen molar-refractivity contribution in [2.24, 2.45) is 0 Å². The molecule has 0 amide bonds. The molecule has 1 nitrogen and oxygen atoms in total. The highest BCUT2D eigenvalue weighted by Crippen LogP contribution is 2.35. The van der Waals surface area contributed by atoms with Crippen molar-refractivity contribution in [2.45, 2.75) is 33.2 Å². The fourth-order valence-corrected chi connectivity index (χ4v) is 2.89. The Kier molecular flexibility index (Phi) is 4.84. The molecule has 84 valence electrons. The summed E-state index contributed by atoms with van der Waals surface area (Å²) in [4.78, 5) is 1.19. The van der Waals surface area contributed by atoms with Gasteiger partial charge in [0, 0.05) is 4.88 Å². The molecule has 0 aliphatic heterocycles. The minimum atomic E-state index is 0.205. The summed E-state index contributed by atoms with van der Waals surface area (Å²) in [6.07, 6.45) is 1.12. The predicted octanol–water partition coefficient (Wildman–Crippen LogP) is 4.33. The molecule has 1 aromatic rings. The molecule has 0 radical (unpaired) electrons. The van der Waals surface area contributed by atoms with Gasteiger partial charge in [0.2, 0.25) is 0 Å². The van der Waals surface area contributed by atoms with Gasteiger partial charge in [-0.25, -0.2) is 0 Å². The summed E-state index contributed by atoms with van der Waals surface area (Å²) in [5, 5.41) is 6.45. The summed E-state index contributed by atoms with van der Waals surface area (Å²) < 4.78 is 0. The molecular weight excluding hydrogens is 226 g/mol. The van der Waals surface area contributed by atoms with E-state index in [2.05, 4.69) is 24.2 Å². The van der Waals surface area contributed by atoms with Crippen LogP contribution < -0.4 is 5.32 Å². The van der Waals surface area contributed by atoms with Gasteiger partial charge >= 0.3 is 0 Å². The van der Waals surface area contributed by atoms with Gasteiger partial charge in [-0.05, 0) is 37.8 Å². The Morgan fingerprint density at radius 1 is 1.67 bits per heavy atom. The van der Waals surface area contributed by atoms with Crippen LogP contribution in [0.25, 0.3) is 0 Å². The van der Waals surface area contributed by atoms with Crippen molar-refractivity contribution >= 4 is 22.9 Å². The molecule has 0 bridgehead atoms. The van der Waals surface area contributed by atoms with Crippen molar-refractivity contribution < 1.29 is 0 Å². The Bertz CT molecular complexity index is 343. The Morgan fingerprint density at radius 3 is 2.73 bits per heavy atom. The van der Waals surface area contributed by atoms with Gasteiger partial charge in [0.1, 0.15) is 0 Å². The van der Waals surface area contributed by atoms with Crippen LogP contribution in [-0.2, 0) is 0 Å². The van der Waals surface area contributed by atoms with Crippen molar-refractivity contribution in [1.82, 2.24) is 5.32 Å². The average Bonchev–Trinajstić information content (AvgIpc) is 2.50. The van der Waals surface area contributed by atoms with Crippen LogP contribution in [0.4, 0.5) is 0 Å². The van der Waals surface area contributed by atoms with Crippen molar-refractivity contribution in [2.75, 3.05) is 6.54 Å². The minimum absolute atomic E-state index is 0.205. The molecule has 1 unspecified atom stereocenters. The van der Waals surface area contributed by atoms with E-state index < -0.39 is 0 Å². The molecule has 0 fully saturated rings. The molecule has 1 rings (SSSR count). The monoisotopic (exact) mass is 243 g/mol. The zero-order chi connectivity index (χ0) is 11.4. The third-order valence-corrected chi connectivity index (χ3v) is 4.06. The van der Waals surface area contributed by atoms with Crippen LogP contribution in [0.3, 0.4) is 0 Å². The van der Waals surface area contributed by atoms with E-state index in [-0.39, 0.29) is 6.04 Å². The molecule has 0 aliphatic carbocycles. The first kappa shape index (κ1) is 12.8. The molecule has 1 heterocycles. The Labute approximate surface area is 101 Å². The van der Waals surface area contributed by atoms with Crippen LogP contribution in [0.1, 0.15) is 36.8 Å². The smallest absolute Gasteiger partial charge is 0.0640 e. The van der Waals surface area contributed by atoms with Crippen LogP contribution >= 0.6 is 22.9 Å². The van der Waals surface area contributed by atoms with Crippen LogP contribution in [0.15, 0.2) is 17.5 Å². The first-order valence-corrected chi connectivity index (χ1v) is 6.46. The molecule has 15 heavy (non-hydrogen) atoms. The fraction of sp³-hybridized carbons (Fsp3) is 0.500. The molecular formula is C12H18ClNS. The van der Waals surface area contributed by atoms with Crippen molar-refractivity contribution in [3.8, 4) is 0 Å². The lowest BCUT2D eigenvalue weighted by atomic mass is 10.1. The Balaban J connectivity index is 2.89. The summed E-state index contributed by atoms with van der Waals surface area (Å²) in [7, 11) is 0. The first-order valence-electron chi connectivity index (χ1n) is 5.20. The van der Waals surface area contributed by atoms with E-state index in [9.17, 15) is 0 Å². The highest BCUT2D eigenvalue weighted by molar-refractivity contribution is 7.10. The summed E-state index contributed by atoms with van der Waals surface area (Å²) in [6, 6.07) is 0.205. The van der Waals surface area contributed by atoms with Crippen molar-refractivity contribution in [1.29, 1.82) is 0 Å². The van der Waals surface area contributed by atoms with Gasteiger partial charge in [0.25, 0.3) is 0 Å². The normalized spacial score (nSPS) is 12.8. The van der Waals surface area contributed by atoms with Crippen LogP contribution in [0.5, 0.6) is 0 Å². The molecule has 0 saturated carbocycles. The lowest BCUT2D eigenvalue weighted by Gasteiger charge is -2.17. The maximum Gasteiger partial charge on any atom is 0.0640 e. The Morgan fingerprint density at radius 2 is 2.33 bits per heavy atom. The van der Waals surface area contributed by atoms with Crippen LogP contribution in [0.2, 0.25) is 5.02 Å². The number of hydrogen-bond acceptors (Lipinski definition) is 2. The molecule has 0 saturated heterocycles. The predicted molar refractivity (Wildman–Crippen MR) is 69.9 cm³/mol. The highest BCUT2D eigenvalue weighted by atomic mass is 35.5. The molecule has 0 aliphatic rings. The van der Waals surface area contributed by atoms with E-state index in [0.717, 1.165) is 29.1 Å². The number of hydrogen-bond donors (Lipinski definition) is 1. The summed E-state index contributed by atoms with van der Waals surface area (Å²) in [5.41, 5.74) is 2.27. The zero-order valence-electron chi connectivity index (χ0n) is 9.56. The van der Waals surface area contributed by atoms with Crippen molar-refractivity contribution in [3.63, 3.8) is 0 Å². The van der Waals surface area contributed by atoms with Gasteiger partial charge in [-0.3, -0.25) is 0 Å². The average molecular weight is 244 g/mol. The quantitative estimate of drug-likeness (QED) is 0.760. The van der Waals surface area contributed by atoms with E-state index in [1.165, 1.54) is 4.88 Å². The van der Waals surface area contributed by atoms with Gasteiger partial charge in [-0.1, -0.05) is 30.7 Å². The molecule has 3 heteroatoms.